The zero-order chi connectivity index (χ0) is 17.7. The van der Waals surface area contributed by atoms with Gasteiger partial charge in [0.2, 0.25) is 6.72 Å². The van der Waals surface area contributed by atoms with E-state index in [2.05, 4.69) is 11.5 Å². The Morgan fingerprint density at radius 1 is 0.952 bits per heavy atom. The fraction of sp³-hybridized carbons (Fsp3) is 0.909. The van der Waals surface area contributed by atoms with Crippen molar-refractivity contribution in [3.05, 3.63) is 5.53 Å². The Morgan fingerprint density at radius 2 is 1.14 bits per heavy atom. The van der Waals surface area contributed by atoms with Gasteiger partial charge in [-0.3, -0.25) is 9.11 Å². The van der Waals surface area contributed by atoms with Crippen molar-refractivity contribution in [2.24, 2.45) is 0 Å². The lowest BCUT2D eigenvalue weighted by Crippen LogP contribution is -2.15. The summed E-state index contributed by atoms with van der Waals surface area (Å²) in [5.41, 5.74) is 7.08. The van der Waals surface area contributed by atoms with Crippen LogP contribution < -0.4 is 0 Å². The van der Waals surface area contributed by atoms with E-state index in [0.29, 0.717) is 12.8 Å². The van der Waals surface area contributed by atoms with Gasteiger partial charge in [0.25, 0.3) is 20.2 Å². The third kappa shape index (κ3) is 19.2. The highest BCUT2D eigenvalue weighted by Gasteiger charge is 2.15. The van der Waals surface area contributed by atoms with Gasteiger partial charge in [-0.2, -0.15) is 21.6 Å². The van der Waals surface area contributed by atoms with Gasteiger partial charge < -0.3 is 5.53 Å². The Hall–Kier alpha value is -0.800. The van der Waals surface area contributed by atoms with E-state index in [1.807, 2.05) is 13.8 Å². The molecule has 0 aromatic carbocycles. The standard InChI is InChI=1S/2C5H12O3S.CH2N2/c2*1-3-4-5(2)9(6,7)8;1-3-2/h2*5H,3-4H2,1-2H3,(H,6,7,8);1H2. The van der Waals surface area contributed by atoms with Gasteiger partial charge in [-0.25, -0.2) is 0 Å². The van der Waals surface area contributed by atoms with Crippen molar-refractivity contribution in [2.45, 2.75) is 63.9 Å². The summed E-state index contributed by atoms with van der Waals surface area (Å²) in [4.78, 5) is 2.25. The van der Waals surface area contributed by atoms with Gasteiger partial charge in [0, 0.05) is 0 Å². The molecule has 0 amide bonds. The number of hydrogen-bond acceptors (Lipinski definition) is 4. The third-order valence-electron chi connectivity index (χ3n) is 2.41. The number of rotatable bonds is 6. The molecule has 0 radical (unpaired) electrons. The van der Waals surface area contributed by atoms with E-state index in [9.17, 15) is 16.8 Å². The second-order valence-electron chi connectivity index (χ2n) is 4.37. The molecule has 0 aromatic rings. The summed E-state index contributed by atoms with van der Waals surface area (Å²) < 4.78 is 57.9. The summed E-state index contributed by atoms with van der Waals surface area (Å²) in [6, 6.07) is 0. The maximum absolute atomic E-state index is 10.3. The maximum Gasteiger partial charge on any atom is 0.267 e. The van der Waals surface area contributed by atoms with Crippen LogP contribution in [-0.4, -0.2) is 47.9 Å². The van der Waals surface area contributed by atoms with E-state index in [-0.39, 0.29) is 0 Å². The van der Waals surface area contributed by atoms with Crippen molar-refractivity contribution in [3.63, 3.8) is 0 Å². The topological polar surface area (TPSA) is 145 Å². The van der Waals surface area contributed by atoms with E-state index < -0.39 is 30.7 Å². The molecular weight excluding hydrogens is 320 g/mol. The molecule has 0 spiro atoms. The van der Waals surface area contributed by atoms with Crippen LogP contribution in [0.4, 0.5) is 0 Å². The molecule has 0 aromatic heterocycles. The first-order valence-corrected chi connectivity index (χ1v) is 9.41. The molecule has 0 aliphatic carbocycles. The molecule has 10 heteroatoms. The molecule has 0 aliphatic rings. The fourth-order valence-electron chi connectivity index (χ4n) is 1.11. The minimum Gasteiger partial charge on any atom is -0.362 e. The Bertz CT molecular complexity index is 441. The van der Waals surface area contributed by atoms with Gasteiger partial charge in [0.1, 0.15) is 0 Å². The van der Waals surface area contributed by atoms with Crippen LogP contribution in [0.25, 0.3) is 5.53 Å². The molecule has 0 rings (SSSR count). The Morgan fingerprint density at radius 3 is 1.19 bits per heavy atom. The molecular formula is C11H26N2O6S2. The van der Waals surface area contributed by atoms with E-state index in [4.69, 9.17) is 14.6 Å². The van der Waals surface area contributed by atoms with E-state index in [0.717, 1.165) is 12.8 Å². The number of nitrogens with zero attached hydrogens (tertiary/aromatic N) is 2. The van der Waals surface area contributed by atoms with Crippen molar-refractivity contribution < 1.29 is 30.7 Å². The highest BCUT2D eigenvalue weighted by molar-refractivity contribution is 7.86. The van der Waals surface area contributed by atoms with Crippen LogP contribution in [0.5, 0.6) is 0 Å². The first-order chi connectivity index (χ1) is 9.38. The average Bonchev–Trinajstić information content (AvgIpc) is 2.29. The van der Waals surface area contributed by atoms with Crippen LogP contribution in [0.15, 0.2) is 0 Å². The SMILES string of the molecule is C=[N+]=[N-].CCCC(C)S(=O)(=O)O.CCCC(C)S(=O)(=O)O. The minimum absolute atomic E-state index is 0.527. The summed E-state index contributed by atoms with van der Waals surface area (Å²) in [6.45, 7) is 9.42. The Balaban J connectivity index is -0.000000260. The smallest absolute Gasteiger partial charge is 0.267 e. The van der Waals surface area contributed by atoms with Gasteiger partial charge in [-0.05, 0) is 26.7 Å². The highest BCUT2D eigenvalue weighted by atomic mass is 32.2. The molecule has 128 valence electrons. The highest BCUT2D eigenvalue weighted by Crippen LogP contribution is 2.05. The fourth-order valence-corrected chi connectivity index (χ4v) is 2.18. The van der Waals surface area contributed by atoms with Crippen LogP contribution in [0.2, 0.25) is 0 Å². The molecule has 0 bridgehead atoms. The molecule has 21 heavy (non-hydrogen) atoms. The van der Waals surface area contributed by atoms with Crippen LogP contribution in [0.1, 0.15) is 53.4 Å². The Labute approximate surface area is 127 Å². The molecule has 2 atom stereocenters. The third-order valence-corrected chi connectivity index (χ3v) is 4.91. The summed E-state index contributed by atoms with van der Waals surface area (Å²) in [7, 11) is -7.53. The van der Waals surface area contributed by atoms with E-state index in [1.54, 1.807) is 0 Å². The lowest BCUT2D eigenvalue weighted by Gasteiger charge is -2.03. The summed E-state index contributed by atoms with van der Waals surface area (Å²) in [6.07, 6.45) is 2.61. The minimum atomic E-state index is -3.76. The van der Waals surface area contributed by atoms with Crippen LogP contribution >= 0.6 is 0 Å². The lowest BCUT2D eigenvalue weighted by molar-refractivity contribution is 0.0110. The first kappa shape index (κ1) is 25.2. The molecule has 2 unspecified atom stereocenters. The van der Waals surface area contributed by atoms with Crippen molar-refractivity contribution in [1.29, 1.82) is 0 Å². The largest absolute Gasteiger partial charge is 0.362 e. The second kappa shape index (κ2) is 12.9. The maximum atomic E-state index is 10.3. The normalized spacial score (nSPS) is 13.6. The lowest BCUT2D eigenvalue weighted by atomic mass is 10.3. The first-order valence-electron chi connectivity index (χ1n) is 6.40. The van der Waals surface area contributed by atoms with Crippen molar-refractivity contribution in [3.8, 4) is 0 Å². The van der Waals surface area contributed by atoms with Gasteiger partial charge >= 0.3 is 0 Å². The monoisotopic (exact) mass is 346 g/mol. The van der Waals surface area contributed by atoms with Gasteiger partial charge in [-0.15, -0.1) is 0 Å². The number of hydrogen-bond donors (Lipinski definition) is 2. The van der Waals surface area contributed by atoms with Crippen molar-refractivity contribution >= 4 is 27.0 Å². The van der Waals surface area contributed by atoms with E-state index >= 15 is 0 Å². The second-order valence-corrected chi connectivity index (χ2v) is 8.04. The van der Waals surface area contributed by atoms with Crippen LogP contribution in [-0.2, 0) is 20.2 Å². The molecule has 8 nitrogen and oxygen atoms in total. The summed E-state index contributed by atoms with van der Waals surface area (Å²) in [5, 5.41) is -1.22. The van der Waals surface area contributed by atoms with Crippen LogP contribution in [0, 0.1) is 0 Å². The van der Waals surface area contributed by atoms with Gasteiger partial charge in [-0.1, -0.05) is 26.7 Å². The molecule has 0 heterocycles. The molecule has 2 N–H and O–H groups in total. The van der Waals surface area contributed by atoms with Crippen molar-refractivity contribution in [1.82, 2.24) is 0 Å². The van der Waals surface area contributed by atoms with Gasteiger partial charge in [0.15, 0.2) is 0 Å². The molecule has 0 saturated carbocycles. The van der Waals surface area contributed by atoms with Crippen LogP contribution in [0.3, 0.4) is 0 Å². The predicted octanol–water partition coefficient (Wildman–Crippen LogP) is 2.04. The quantitative estimate of drug-likeness (QED) is 0.326. The predicted molar refractivity (Wildman–Crippen MR) is 82.6 cm³/mol. The average molecular weight is 346 g/mol. The Kier molecular flexibility index (Phi) is 15.5. The van der Waals surface area contributed by atoms with E-state index in [1.165, 1.54) is 13.8 Å². The van der Waals surface area contributed by atoms with Crippen molar-refractivity contribution in [2.75, 3.05) is 0 Å². The summed E-state index contributed by atoms with van der Waals surface area (Å²) in [5.74, 6) is 0. The zero-order valence-corrected chi connectivity index (χ0v) is 14.6. The van der Waals surface area contributed by atoms with Gasteiger partial charge in [0.05, 0.1) is 10.5 Å². The zero-order valence-electron chi connectivity index (χ0n) is 12.9. The molecule has 0 fully saturated rings. The molecule has 0 saturated heterocycles. The molecule has 0 aliphatic heterocycles. The summed E-state index contributed by atoms with van der Waals surface area (Å²) >= 11 is 0.